The Morgan fingerprint density at radius 1 is 1.16 bits per heavy atom. The molecule has 0 unspecified atom stereocenters. The summed E-state index contributed by atoms with van der Waals surface area (Å²) < 4.78 is 5.26. The molecule has 0 bridgehead atoms. The molecule has 1 aliphatic rings. The molecule has 3 rings (SSSR count). The first-order valence-electron chi connectivity index (χ1n) is 7.66. The zero-order valence-electron chi connectivity index (χ0n) is 14.1. The van der Waals surface area contributed by atoms with Crippen molar-refractivity contribution < 1.29 is 9.53 Å². The molecule has 0 atom stereocenters. The van der Waals surface area contributed by atoms with E-state index in [9.17, 15) is 4.79 Å². The Labute approximate surface area is 155 Å². The van der Waals surface area contributed by atoms with Crippen LogP contribution in [0.25, 0.3) is 6.08 Å². The molecule has 25 heavy (non-hydrogen) atoms. The van der Waals surface area contributed by atoms with Crippen molar-refractivity contribution in [3.8, 4) is 5.75 Å². The molecule has 1 N–H and O–H groups in total. The molecule has 6 heteroatoms. The highest BCUT2D eigenvalue weighted by Crippen LogP contribution is 2.30. The standard InChI is InChI=1S/C19H17ClN2O2S/c1-11-4-6-14(10-15(11)20)21-19-22-18(23)17(25-19)9-13-5-7-16(24-3)12(2)8-13/h4-10H,1-3H3,(H,21,22,23)/b17-9+. The number of carbonyl (C=O) groups excluding carboxylic acids is 1. The molecule has 1 aliphatic heterocycles. The van der Waals surface area contributed by atoms with Crippen molar-refractivity contribution in [3.05, 3.63) is 63.0 Å². The number of hydrogen-bond acceptors (Lipinski definition) is 4. The first kappa shape index (κ1) is 17.6. The summed E-state index contributed by atoms with van der Waals surface area (Å²) in [4.78, 5) is 17.2. The number of ether oxygens (including phenoxy) is 1. The summed E-state index contributed by atoms with van der Waals surface area (Å²) in [5.74, 6) is 0.666. The molecule has 0 saturated carbocycles. The van der Waals surface area contributed by atoms with Crippen LogP contribution in [0.5, 0.6) is 5.75 Å². The predicted molar refractivity (Wildman–Crippen MR) is 105 cm³/mol. The first-order valence-corrected chi connectivity index (χ1v) is 8.86. The molecular formula is C19H17ClN2O2S. The van der Waals surface area contributed by atoms with Gasteiger partial charge in [-0.3, -0.25) is 4.79 Å². The number of nitrogens with zero attached hydrogens (tertiary/aromatic N) is 1. The third-order valence-corrected chi connectivity index (χ3v) is 5.07. The fourth-order valence-electron chi connectivity index (χ4n) is 2.39. The highest BCUT2D eigenvalue weighted by Gasteiger charge is 2.23. The van der Waals surface area contributed by atoms with Crippen LogP contribution in [0.15, 0.2) is 46.3 Å². The lowest BCUT2D eigenvalue weighted by Crippen LogP contribution is -2.19. The van der Waals surface area contributed by atoms with Crippen LogP contribution in [0.2, 0.25) is 5.02 Å². The summed E-state index contributed by atoms with van der Waals surface area (Å²) in [5, 5.41) is 3.98. The van der Waals surface area contributed by atoms with Gasteiger partial charge in [0.05, 0.1) is 17.7 Å². The number of halogens is 1. The van der Waals surface area contributed by atoms with Crippen LogP contribution >= 0.6 is 23.4 Å². The molecule has 1 amide bonds. The molecular weight excluding hydrogens is 356 g/mol. The van der Waals surface area contributed by atoms with Gasteiger partial charge >= 0.3 is 0 Å². The van der Waals surface area contributed by atoms with Crippen molar-refractivity contribution in [3.63, 3.8) is 0 Å². The Balaban J connectivity index is 1.83. The Morgan fingerprint density at radius 3 is 2.64 bits per heavy atom. The second kappa shape index (κ2) is 7.33. The average Bonchev–Trinajstić information content (AvgIpc) is 2.90. The van der Waals surface area contributed by atoms with Crippen molar-refractivity contribution in [2.75, 3.05) is 7.11 Å². The number of rotatable bonds is 3. The van der Waals surface area contributed by atoms with E-state index in [0.29, 0.717) is 20.8 Å². The minimum Gasteiger partial charge on any atom is -0.496 e. The van der Waals surface area contributed by atoms with Gasteiger partial charge in [-0.15, -0.1) is 0 Å². The van der Waals surface area contributed by atoms with E-state index in [0.717, 1.165) is 22.4 Å². The van der Waals surface area contributed by atoms with E-state index in [-0.39, 0.29) is 5.91 Å². The molecule has 2 aromatic rings. The average molecular weight is 373 g/mol. The van der Waals surface area contributed by atoms with Gasteiger partial charge in [-0.05, 0) is 72.6 Å². The van der Waals surface area contributed by atoms with Crippen LogP contribution in [0, 0.1) is 13.8 Å². The number of thioether (sulfide) groups is 1. The Hall–Kier alpha value is -2.24. The molecule has 1 fully saturated rings. The van der Waals surface area contributed by atoms with Gasteiger partial charge in [0, 0.05) is 5.02 Å². The number of methoxy groups -OCH3 is 1. The lowest BCUT2D eigenvalue weighted by Gasteiger charge is -2.04. The topological polar surface area (TPSA) is 50.7 Å². The normalized spacial score (nSPS) is 17.2. The number of benzene rings is 2. The van der Waals surface area contributed by atoms with Crippen LogP contribution in [0.1, 0.15) is 16.7 Å². The highest BCUT2D eigenvalue weighted by atomic mass is 35.5. The second-order valence-electron chi connectivity index (χ2n) is 5.64. The van der Waals surface area contributed by atoms with Gasteiger partial charge in [-0.25, -0.2) is 4.99 Å². The molecule has 1 heterocycles. The van der Waals surface area contributed by atoms with Crippen LogP contribution in [0.4, 0.5) is 5.69 Å². The molecule has 2 aromatic carbocycles. The van der Waals surface area contributed by atoms with Gasteiger partial charge in [-0.2, -0.15) is 0 Å². The van der Waals surface area contributed by atoms with Crippen LogP contribution in [-0.4, -0.2) is 18.2 Å². The lowest BCUT2D eigenvalue weighted by molar-refractivity contribution is -0.115. The summed E-state index contributed by atoms with van der Waals surface area (Å²) >= 11 is 7.43. The number of aryl methyl sites for hydroxylation is 2. The minimum absolute atomic E-state index is 0.157. The van der Waals surface area contributed by atoms with Gasteiger partial charge in [0.15, 0.2) is 5.17 Å². The fourth-order valence-corrected chi connectivity index (χ4v) is 3.41. The summed E-state index contributed by atoms with van der Waals surface area (Å²) in [6, 6.07) is 11.3. The Kier molecular flexibility index (Phi) is 5.16. The number of hydrogen-bond donors (Lipinski definition) is 1. The number of amides is 1. The maximum absolute atomic E-state index is 12.2. The Bertz CT molecular complexity index is 906. The zero-order chi connectivity index (χ0) is 18.0. The molecule has 0 aromatic heterocycles. The van der Waals surface area contributed by atoms with Crippen molar-refractivity contribution >= 4 is 46.2 Å². The number of aliphatic imine (C=N–C) groups is 1. The first-order chi connectivity index (χ1) is 12.0. The molecule has 0 radical (unpaired) electrons. The quantitative estimate of drug-likeness (QED) is 0.783. The fraction of sp³-hybridized carbons (Fsp3) is 0.158. The van der Waals surface area contributed by atoms with Gasteiger partial charge in [0.25, 0.3) is 5.91 Å². The van der Waals surface area contributed by atoms with Gasteiger partial charge in [0.1, 0.15) is 5.75 Å². The third-order valence-electron chi connectivity index (χ3n) is 3.75. The van der Waals surface area contributed by atoms with Gasteiger partial charge in [-0.1, -0.05) is 23.7 Å². The summed E-state index contributed by atoms with van der Waals surface area (Å²) in [5.41, 5.74) is 3.66. The van der Waals surface area contributed by atoms with E-state index < -0.39 is 0 Å². The van der Waals surface area contributed by atoms with Crippen molar-refractivity contribution in [1.82, 2.24) is 5.32 Å². The minimum atomic E-state index is -0.157. The van der Waals surface area contributed by atoms with E-state index >= 15 is 0 Å². The van der Waals surface area contributed by atoms with Crippen molar-refractivity contribution in [2.45, 2.75) is 13.8 Å². The Morgan fingerprint density at radius 2 is 1.96 bits per heavy atom. The monoisotopic (exact) mass is 372 g/mol. The molecule has 0 aliphatic carbocycles. The van der Waals surface area contributed by atoms with Crippen molar-refractivity contribution in [1.29, 1.82) is 0 Å². The van der Waals surface area contributed by atoms with Gasteiger partial charge < -0.3 is 10.1 Å². The number of carbonyl (C=O) groups is 1. The van der Waals surface area contributed by atoms with Crippen LogP contribution in [0.3, 0.4) is 0 Å². The van der Waals surface area contributed by atoms with E-state index in [1.54, 1.807) is 13.2 Å². The molecule has 0 spiro atoms. The highest BCUT2D eigenvalue weighted by molar-refractivity contribution is 8.18. The lowest BCUT2D eigenvalue weighted by atomic mass is 10.1. The largest absolute Gasteiger partial charge is 0.496 e. The van der Waals surface area contributed by atoms with E-state index in [1.165, 1.54) is 11.8 Å². The SMILES string of the molecule is COc1ccc(/C=C2/SC(=Nc3ccc(C)c(Cl)c3)NC2=O)cc1C. The maximum atomic E-state index is 12.2. The van der Waals surface area contributed by atoms with E-state index in [1.807, 2.05) is 50.3 Å². The molecule has 4 nitrogen and oxygen atoms in total. The second-order valence-corrected chi connectivity index (χ2v) is 7.08. The summed E-state index contributed by atoms with van der Waals surface area (Å²) in [6.07, 6.45) is 1.84. The molecule has 1 saturated heterocycles. The predicted octanol–water partition coefficient (Wildman–Crippen LogP) is 4.86. The van der Waals surface area contributed by atoms with Crippen molar-refractivity contribution in [2.24, 2.45) is 4.99 Å². The number of nitrogens with one attached hydrogen (secondary N) is 1. The maximum Gasteiger partial charge on any atom is 0.264 e. The number of amidine groups is 1. The summed E-state index contributed by atoms with van der Waals surface area (Å²) in [7, 11) is 1.64. The van der Waals surface area contributed by atoms with Gasteiger partial charge in [0.2, 0.25) is 0 Å². The van der Waals surface area contributed by atoms with Crippen LogP contribution in [-0.2, 0) is 4.79 Å². The smallest absolute Gasteiger partial charge is 0.264 e. The zero-order valence-corrected chi connectivity index (χ0v) is 15.7. The summed E-state index contributed by atoms with van der Waals surface area (Å²) in [6.45, 7) is 3.90. The third kappa shape index (κ3) is 4.06. The van der Waals surface area contributed by atoms with E-state index in [2.05, 4.69) is 10.3 Å². The van der Waals surface area contributed by atoms with E-state index in [4.69, 9.17) is 16.3 Å². The van der Waals surface area contributed by atoms with Crippen LogP contribution < -0.4 is 10.1 Å². The molecule has 128 valence electrons.